The molecule has 1 atom stereocenters. The molecule has 0 aliphatic rings. The molecule has 0 spiro atoms. The molecule has 7 nitrogen and oxygen atoms in total. The second-order valence-electron chi connectivity index (χ2n) is 5.95. The molecule has 0 aromatic heterocycles. The van der Waals surface area contributed by atoms with Crippen LogP contribution in [-0.4, -0.2) is 41.2 Å². The van der Waals surface area contributed by atoms with E-state index in [1.807, 2.05) is 5.32 Å². The van der Waals surface area contributed by atoms with Crippen molar-refractivity contribution in [1.82, 2.24) is 5.32 Å². The number of alkyl halides is 3. The summed E-state index contributed by atoms with van der Waals surface area (Å²) in [5.41, 5.74) is -2.01. The van der Waals surface area contributed by atoms with Crippen molar-refractivity contribution in [2.45, 2.75) is 25.1 Å². The largest absolute Gasteiger partial charge is 0.496 e. The van der Waals surface area contributed by atoms with Gasteiger partial charge in [-0.3, -0.25) is 9.59 Å². The van der Waals surface area contributed by atoms with Crippen molar-refractivity contribution in [3.8, 4) is 5.75 Å². The van der Waals surface area contributed by atoms with Crippen molar-refractivity contribution in [2.75, 3.05) is 7.11 Å². The Morgan fingerprint density at radius 3 is 2.24 bits per heavy atom. The van der Waals surface area contributed by atoms with Gasteiger partial charge in [-0.05, 0) is 35.4 Å². The zero-order valence-electron chi connectivity index (χ0n) is 14.8. The number of methoxy groups -OCH3 is 1. The van der Waals surface area contributed by atoms with Crippen LogP contribution in [0, 0.1) is 5.82 Å². The van der Waals surface area contributed by atoms with Gasteiger partial charge in [0.05, 0.1) is 12.7 Å². The van der Waals surface area contributed by atoms with Gasteiger partial charge in [-0.2, -0.15) is 13.2 Å². The van der Waals surface area contributed by atoms with Crippen molar-refractivity contribution in [1.29, 1.82) is 0 Å². The molecule has 0 saturated carbocycles. The van der Waals surface area contributed by atoms with Crippen molar-refractivity contribution in [3.05, 3.63) is 41.2 Å². The smallest absolute Gasteiger partial charge is 0.420 e. The predicted octanol–water partition coefficient (Wildman–Crippen LogP) is 3.05. The Morgan fingerprint density at radius 2 is 1.72 bits per heavy atom. The SMILES string of the molecule is COc1ccc2c(C(=O)N[C@@H](CCC(=O)O)C(=O)O)c(F)ccc2c1C(F)(F)F. The maximum Gasteiger partial charge on any atom is 0.420 e. The van der Waals surface area contributed by atoms with Gasteiger partial charge < -0.3 is 20.3 Å². The number of hydrogen-bond donors (Lipinski definition) is 3. The van der Waals surface area contributed by atoms with Crippen LogP contribution in [0.3, 0.4) is 0 Å². The number of carboxylic acids is 2. The molecule has 29 heavy (non-hydrogen) atoms. The number of amides is 1. The molecule has 11 heteroatoms. The van der Waals surface area contributed by atoms with Gasteiger partial charge in [0.2, 0.25) is 0 Å². The van der Waals surface area contributed by atoms with E-state index in [4.69, 9.17) is 14.9 Å². The average molecular weight is 417 g/mol. The molecule has 0 unspecified atom stereocenters. The van der Waals surface area contributed by atoms with E-state index >= 15 is 0 Å². The van der Waals surface area contributed by atoms with Crippen LogP contribution in [0.15, 0.2) is 24.3 Å². The summed E-state index contributed by atoms with van der Waals surface area (Å²) in [6, 6.07) is 1.79. The highest BCUT2D eigenvalue weighted by atomic mass is 19.4. The summed E-state index contributed by atoms with van der Waals surface area (Å²) in [7, 11) is 1.02. The van der Waals surface area contributed by atoms with Crippen molar-refractivity contribution < 1.29 is 46.9 Å². The number of aliphatic carboxylic acids is 2. The molecular weight excluding hydrogens is 402 g/mol. The number of carbonyl (C=O) groups excluding carboxylic acids is 1. The molecule has 0 aliphatic carbocycles. The standard InChI is InChI=1S/C18H15F4NO6/c1-29-12-6-3-8-9(15(12)18(20,21)22)2-4-10(19)14(8)16(26)23-11(17(27)28)5-7-13(24)25/h2-4,6,11H,5,7H2,1H3,(H,23,26)(H,24,25)(H,27,28)/t11-/m0/s1. The van der Waals surface area contributed by atoms with E-state index in [9.17, 15) is 31.9 Å². The molecule has 2 rings (SSSR count). The van der Waals surface area contributed by atoms with Gasteiger partial charge in [0.1, 0.15) is 23.2 Å². The van der Waals surface area contributed by atoms with Gasteiger partial charge in [-0.15, -0.1) is 0 Å². The van der Waals surface area contributed by atoms with Crippen molar-refractivity contribution in [2.24, 2.45) is 0 Å². The normalized spacial score (nSPS) is 12.4. The fourth-order valence-electron chi connectivity index (χ4n) is 2.81. The Kier molecular flexibility index (Phi) is 6.30. The molecule has 1 amide bonds. The minimum absolute atomic E-state index is 0.405. The lowest BCUT2D eigenvalue weighted by Gasteiger charge is -2.18. The lowest BCUT2D eigenvalue weighted by molar-refractivity contribution is -0.141. The minimum Gasteiger partial charge on any atom is -0.496 e. The topological polar surface area (TPSA) is 113 Å². The van der Waals surface area contributed by atoms with Crippen molar-refractivity contribution in [3.63, 3.8) is 0 Å². The second-order valence-corrected chi connectivity index (χ2v) is 5.95. The Hall–Kier alpha value is -3.37. The number of rotatable bonds is 7. The fraction of sp³-hybridized carbons (Fsp3) is 0.278. The van der Waals surface area contributed by atoms with Gasteiger partial charge in [0, 0.05) is 6.42 Å². The Bertz CT molecular complexity index is 973. The van der Waals surface area contributed by atoms with Crippen LogP contribution in [0.4, 0.5) is 17.6 Å². The van der Waals surface area contributed by atoms with Crippen LogP contribution in [-0.2, 0) is 15.8 Å². The van der Waals surface area contributed by atoms with Gasteiger partial charge in [-0.1, -0.05) is 6.07 Å². The first kappa shape index (κ1) is 21.9. The lowest BCUT2D eigenvalue weighted by atomic mass is 9.97. The number of fused-ring (bicyclic) bond motifs is 1. The molecule has 0 fully saturated rings. The predicted molar refractivity (Wildman–Crippen MR) is 91.2 cm³/mol. The quantitative estimate of drug-likeness (QED) is 0.597. The van der Waals surface area contributed by atoms with Crippen LogP contribution in [0.25, 0.3) is 10.8 Å². The molecule has 2 aromatic carbocycles. The number of hydrogen-bond acceptors (Lipinski definition) is 4. The molecule has 3 N–H and O–H groups in total. The molecule has 156 valence electrons. The Morgan fingerprint density at radius 1 is 1.10 bits per heavy atom. The molecule has 0 heterocycles. The van der Waals surface area contributed by atoms with Crippen LogP contribution in [0.2, 0.25) is 0 Å². The van der Waals surface area contributed by atoms with E-state index in [2.05, 4.69) is 0 Å². The number of carboxylic acid groups (broad SMARTS) is 2. The van der Waals surface area contributed by atoms with Crippen molar-refractivity contribution >= 4 is 28.6 Å². The van der Waals surface area contributed by atoms with E-state index in [1.54, 1.807) is 0 Å². The Labute approximate surface area is 160 Å². The maximum atomic E-state index is 14.3. The number of halogens is 4. The first-order valence-corrected chi connectivity index (χ1v) is 8.09. The van der Waals surface area contributed by atoms with E-state index in [0.29, 0.717) is 6.07 Å². The van der Waals surface area contributed by atoms with Gasteiger partial charge >= 0.3 is 18.1 Å². The van der Waals surface area contributed by atoms with Crippen LogP contribution < -0.4 is 10.1 Å². The van der Waals surface area contributed by atoms with Gasteiger partial charge in [-0.25, -0.2) is 9.18 Å². The summed E-state index contributed by atoms with van der Waals surface area (Å²) in [4.78, 5) is 34.3. The van der Waals surface area contributed by atoms with Crippen LogP contribution >= 0.6 is 0 Å². The summed E-state index contributed by atoms with van der Waals surface area (Å²) >= 11 is 0. The summed E-state index contributed by atoms with van der Waals surface area (Å²) in [6.45, 7) is 0. The average Bonchev–Trinajstić information content (AvgIpc) is 2.62. The summed E-state index contributed by atoms with van der Waals surface area (Å²) in [5.74, 6) is -5.88. The number of benzene rings is 2. The monoisotopic (exact) mass is 417 g/mol. The highest BCUT2D eigenvalue weighted by molar-refractivity contribution is 6.09. The lowest BCUT2D eigenvalue weighted by Crippen LogP contribution is -2.41. The number of carbonyl (C=O) groups is 3. The maximum absolute atomic E-state index is 14.3. The van der Waals surface area contributed by atoms with Gasteiger partial charge in [0.25, 0.3) is 5.91 Å². The molecule has 0 saturated heterocycles. The third-order valence-electron chi connectivity index (χ3n) is 4.09. The van der Waals surface area contributed by atoms with E-state index in [0.717, 1.165) is 25.3 Å². The van der Waals surface area contributed by atoms with Crippen LogP contribution in [0.1, 0.15) is 28.8 Å². The minimum atomic E-state index is -4.87. The first-order chi connectivity index (χ1) is 13.5. The highest BCUT2D eigenvalue weighted by Crippen LogP contribution is 2.42. The number of nitrogens with one attached hydrogen (secondary N) is 1. The third-order valence-corrected chi connectivity index (χ3v) is 4.09. The third kappa shape index (κ3) is 4.73. The van der Waals surface area contributed by atoms with E-state index in [-0.39, 0.29) is 0 Å². The van der Waals surface area contributed by atoms with Crippen LogP contribution in [0.5, 0.6) is 5.75 Å². The Balaban J connectivity index is 2.57. The fourth-order valence-corrected chi connectivity index (χ4v) is 2.81. The zero-order valence-corrected chi connectivity index (χ0v) is 14.8. The zero-order chi connectivity index (χ0) is 21.9. The molecule has 0 radical (unpaired) electrons. The second kappa shape index (κ2) is 8.33. The molecule has 0 aliphatic heterocycles. The summed E-state index contributed by atoms with van der Waals surface area (Å²) in [5, 5.41) is 18.8. The molecule has 2 aromatic rings. The molecular formula is C18H15F4NO6. The summed E-state index contributed by atoms with van der Waals surface area (Å²) < 4.78 is 59.5. The highest BCUT2D eigenvalue weighted by Gasteiger charge is 2.37. The molecule has 0 bridgehead atoms. The van der Waals surface area contributed by atoms with Gasteiger partial charge in [0.15, 0.2) is 0 Å². The number of ether oxygens (including phenoxy) is 1. The van der Waals surface area contributed by atoms with E-state index in [1.165, 1.54) is 0 Å². The first-order valence-electron chi connectivity index (χ1n) is 8.09. The summed E-state index contributed by atoms with van der Waals surface area (Å²) in [6.07, 6.45) is -5.96. The van der Waals surface area contributed by atoms with E-state index < -0.39 is 76.4 Å².